The number of carbonyl (C=O) groups excluding carboxylic acids is 1. The lowest BCUT2D eigenvalue weighted by Crippen LogP contribution is -2.28. The third-order valence-electron chi connectivity index (χ3n) is 4.31. The fraction of sp³-hybridized carbons (Fsp3) is 0.190. The van der Waals surface area contributed by atoms with Crippen LogP contribution < -0.4 is 10.9 Å². The van der Waals surface area contributed by atoms with Gasteiger partial charge in [-0.05, 0) is 43.7 Å². The predicted octanol–water partition coefficient (Wildman–Crippen LogP) is 3.51. The number of nitrogens with zero attached hydrogens (tertiary/aromatic N) is 2. The molecule has 3 rings (SSSR count). The van der Waals surface area contributed by atoms with E-state index in [2.05, 4.69) is 10.4 Å². The lowest BCUT2D eigenvalue weighted by atomic mass is 10.0. The first kappa shape index (κ1) is 19.4. The Morgan fingerprint density at radius 2 is 1.93 bits per heavy atom. The molecule has 28 heavy (non-hydrogen) atoms. The first-order chi connectivity index (χ1) is 13.4. The number of aromatic nitrogens is 2. The van der Waals surface area contributed by atoms with Crippen molar-refractivity contribution in [3.63, 3.8) is 0 Å². The number of benzene rings is 2. The zero-order chi connectivity index (χ0) is 20.3. The summed E-state index contributed by atoms with van der Waals surface area (Å²) < 4.78 is 15.0. The number of carbonyl (C=O) groups is 1. The molecule has 7 heteroatoms. The predicted molar refractivity (Wildman–Crippen MR) is 105 cm³/mol. The van der Waals surface area contributed by atoms with E-state index < -0.39 is 11.4 Å². The Kier molecular flexibility index (Phi) is 5.65. The highest BCUT2D eigenvalue weighted by Gasteiger charge is 2.22. The molecule has 0 radical (unpaired) electrons. The Bertz CT molecular complexity index is 1080. The Balaban J connectivity index is 2.23. The number of hydrogen-bond donors (Lipinski definition) is 2. The zero-order valence-corrected chi connectivity index (χ0v) is 15.6. The van der Waals surface area contributed by atoms with Crippen molar-refractivity contribution in [3.05, 3.63) is 75.8 Å². The SMILES string of the molecule is CCn1nc(-c2cccc(F)c2)c(C(C)=O)c(Nc2ccc(CO)cc2)c1=O. The fourth-order valence-electron chi connectivity index (χ4n) is 2.92. The molecule has 2 N–H and O–H groups in total. The number of hydrogen-bond acceptors (Lipinski definition) is 5. The fourth-order valence-corrected chi connectivity index (χ4v) is 2.92. The summed E-state index contributed by atoms with van der Waals surface area (Å²) >= 11 is 0. The minimum atomic E-state index is -0.461. The van der Waals surface area contributed by atoms with Crippen LogP contribution in [0.2, 0.25) is 0 Å². The number of aliphatic hydroxyl groups is 1. The average molecular weight is 381 g/mol. The van der Waals surface area contributed by atoms with Crippen molar-refractivity contribution in [2.45, 2.75) is 27.0 Å². The van der Waals surface area contributed by atoms with E-state index in [0.29, 0.717) is 11.3 Å². The summed E-state index contributed by atoms with van der Waals surface area (Å²) in [4.78, 5) is 25.3. The second kappa shape index (κ2) is 8.14. The van der Waals surface area contributed by atoms with Crippen LogP contribution in [0.4, 0.5) is 15.8 Å². The molecule has 1 aromatic heterocycles. The second-order valence-corrected chi connectivity index (χ2v) is 6.27. The Labute approximate surface area is 161 Å². The smallest absolute Gasteiger partial charge is 0.291 e. The third-order valence-corrected chi connectivity index (χ3v) is 4.31. The highest BCUT2D eigenvalue weighted by Crippen LogP contribution is 2.28. The maximum absolute atomic E-state index is 13.7. The summed E-state index contributed by atoms with van der Waals surface area (Å²) in [6.07, 6.45) is 0. The number of nitrogens with one attached hydrogen (secondary N) is 1. The van der Waals surface area contributed by atoms with Crippen LogP contribution in [0.25, 0.3) is 11.3 Å². The van der Waals surface area contributed by atoms with Crippen molar-refractivity contribution < 1.29 is 14.3 Å². The molecular formula is C21H20FN3O3. The number of Topliss-reactive ketones (excluding diaryl/α,β-unsaturated/α-hetero) is 1. The molecule has 144 valence electrons. The molecule has 0 saturated heterocycles. The summed E-state index contributed by atoms with van der Waals surface area (Å²) in [7, 11) is 0. The summed E-state index contributed by atoms with van der Waals surface area (Å²) in [6.45, 7) is 3.30. The van der Waals surface area contributed by atoms with E-state index in [-0.39, 0.29) is 35.9 Å². The van der Waals surface area contributed by atoms with Gasteiger partial charge in [-0.2, -0.15) is 5.10 Å². The van der Waals surface area contributed by atoms with Crippen molar-refractivity contribution in [3.8, 4) is 11.3 Å². The largest absolute Gasteiger partial charge is 0.392 e. The molecule has 1 heterocycles. The Morgan fingerprint density at radius 1 is 1.21 bits per heavy atom. The molecular weight excluding hydrogens is 361 g/mol. The van der Waals surface area contributed by atoms with Gasteiger partial charge in [-0.25, -0.2) is 9.07 Å². The van der Waals surface area contributed by atoms with Crippen LogP contribution in [-0.4, -0.2) is 20.7 Å². The topological polar surface area (TPSA) is 84.2 Å². The molecule has 3 aromatic rings. The number of aryl methyl sites for hydroxylation is 1. The van der Waals surface area contributed by atoms with E-state index in [1.807, 2.05) is 0 Å². The van der Waals surface area contributed by atoms with Crippen LogP contribution in [-0.2, 0) is 13.2 Å². The van der Waals surface area contributed by atoms with Gasteiger partial charge >= 0.3 is 0 Å². The average Bonchev–Trinajstić information content (AvgIpc) is 2.69. The van der Waals surface area contributed by atoms with Gasteiger partial charge in [-0.3, -0.25) is 9.59 Å². The van der Waals surface area contributed by atoms with Gasteiger partial charge in [-0.1, -0.05) is 24.3 Å². The number of aliphatic hydroxyl groups excluding tert-OH is 1. The second-order valence-electron chi connectivity index (χ2n) is 6.27. The quantitative estimate of drug-likeness (QED) is 0.639. The first-order valence-electron chi connectivity index (χ1n) is 8.83. The summed E-state index contributed by atoms with van der Waals surface area (Å²) in [5, 5.41) is 16.5. The molecule has 0 unspecified atom stereocenters. The molecule has 0 atom stereocenters. The summed E-state index contributed by atoms with van der Waals surface area (Å²) in [5.74, 6) is -0.821. The molecule has 0 aliphatic heterocycles. The van der Waals surface area contributed by atoms with Gasteiger partial charge in [0.15, 0.2) is 5.78 Å². The minimum absolute atomic E-state index is 0.0837. The lowest BCUT2D eigenvalue weighted by Gasteiger charge is -2.16. The molecule has 6 nitrogen and oxygen atoms in total. The van der Waals surface area contributed by atoms with Crippen LogP contribution in [0, 0.1) is 5.82 Å². The van der Waals surface area contributed by atoms with Gasteiger partial charge in [0.1, 0.15) is 17.2 Å². The van der Waals surface area contributed by atoms with Crippen molar-refractivity contribution in [2.24, 2.45) is 0 Å². The molecule has 0 aliphatic rings. The van der Waals surface area contributed by atoms with Crippen molar-refractivity contribution in [1.82, 2.24) is 9.78 Å². The van der Waals surface area contributed by atoms with Crippen LogP contribution in [0.5, 0.6) is 0 Å². The Morgan fingerprint density at radius 3 is 2.50 bits per heavy atom. The molecule has 0 fully saturated rings. The summed E-state index contributed by atoms with van der Waals surface area (Å²) in [6, 6.07) is 12.6. The van der Waals surface area contributed by atoms with E-state index in [4.69, 9.17) is 0 Å². The van der Waals surface area contributed by atoms with Crippen LogP contribution >= 0.6 is 0 Å². The van der Waals surface area contributed by atoms with Crippen LogP contribution in [0.15, 0.2) is 53.3 Å². The zero-order valence-electron chi connectivity index (χ0n) is 15.6. The highest BCUT2D eigenvalue weighted by molar-refractivity contribution is 6.05. The highest BCUT2D eigenvalue weighted by atomic mass is 19.1. The standard InChI is InChI=1S/C21H20FN3O3/c1-3-25-21(28)20(23-17-9-7-14(12-26)8-10-17)18(13(2)27)19(24-25)15-5-4-6-16(22)11-15/h4-11,23,26H,3,12H2,1-2H3. The maximum atomic E-state index is 13.7. The molecule has 2 aromatic carbocycles. The van der Waals surface area contributed by atoms with Crippen LogP contribution in [0.3, 0.4) is 0 Å². The van der Waals surface area contributed by atoms with Crippen molar-refractivity contribution in [1.29, 1.82) is 0 Å². The normalized spacial score (nSPS) is 10.7. The molecule has 0 bridgehead atoms. The number of anilines is 2. The monoisotopic (exact) mass is 381 g/mol. The van der Waals surface area contributed by atoms with Gasteiger partial charge in [0.25, 0.3) is 5.56 Å². The molecule has 0 saturated carbocycles. The van der Waals surface area contributed by atoms with Gasteiger partial charge < -0.3 is 10.4 Å². The molecule has 0 aliphatic carbocycles. The van der Waals surface area contributed by atoms with Gasteiger partial charge in [0.2, 0.25) is 0 Å². The van der Waals surface area contributed by atoms with Gasteiger partial charge in [0, 0.05) is 17.8 Å². The van der Waals surface area contributed by atoms with Crippen LogP contribution in [0.1, 0.15) is 29.8 Å². The van der Waals surface area contributed by atoms with E-state index >= 15 is 0 Å². The van der Waals surface area contributed by atoms with Crippen molar-refractivity contribution >= 4 is 17.2 Å². The lowest BCUT2D eigenvalue weighted by molar-refractivity contribution is 0.101. The van der Waals surface area contributed by atoms with E-state index in [1.54, 1.807) is 37.3 Å². The van der Waals surface area contributed by atoms with E-state index in [1.165, 1.54) is 29.8 Å². The van der Waals surface area contributed by atoms with E-state index in [0.717, 1.165) is 5.56 Å². The summed E-state index contributed by atoms with van der Waals surface area (Å²) in [5.41, 5.74) is 1.69. The van der Waals surface area contributed by atoms with Gasteiger partial charge in [-0.15, -0.1) is 0 Å². The number of halogens is 1. The Hall–Kier alpha value is -3.32. The maximum Gasteiger partial charge on any atom is 0.291 e. The van der Waals surface area contributed by atoms with Gasteiger partial charge in [0.05, 0.1) is 12.2 Å². The number of rotatable bonds is 6. The minimum Gasteiger partial charge on any atom is -0.392 e. The number of ketones is 1. The first-order valence-corrected chi connectivity index (χ1v) is 8.83. The van der Waals surface area contributed by atoms with Crippen molar-refractivity contribution in [2.75, 3.05) is 5.32 Å². The molecule has 0 amide bonds. The third kappa shape index (κ3) is 3.84. The molecule has 0 spiro atoms. The van der Waals surface area contributed by atoms with E-state index in [9.17, 15) is 19.1 Å².